The average Bonchev–Trinajstić information content (AvgIpc) is 2.87. The molecule has 0 aliphatic rings. The van der Waals surface area contributed by atoms with Crippen LogP contribution in [0, 0.1) is 0 Å². The smallest absolute Gasteiger partial charge is 0.306 e. The summed E-state index contributed by atoms with van der Waals surface area (Å²) >= 11 is 0. The zero-order valence-electron chi connectivity index (χ0n) is 19.9. The Hall–Kier alpha value is -3.64. The highest BCUT2D eigenvalue weighted by molar-refractivity contribution is 7.90. The van der Waals surface area contributed by atoms with Gasteiger partial charge in [-0.3, -0.25) is 4.79 Å². The van der Waals surface area contributed by atoms with Gasteiger partial charge < -0.3 is 9.47 Å². The van der Waals surface area contributed by atoms with Crippen LogP contribution in [0.5, 0.6) is 5.75 Å². The normalized spacial score (nSPS) is 11.4. The molecule has 0 bridgehead atoms. The van der Waals surface area contributed by atoms with Gasteiger partial charge in [0.05, 0.1) is 24.4 Å². The third kappa shape index (κ3) is 5.89. The molecule has 0 heterocycles. The summed E-state index contributed by atoms with van der Waals surface area (Å²) in [5.41, 5.74) is 3.01. The van der Waals surface area contributed by atoms with E-state index in [0.29, 0.717) is 29.9 Å². The Labute approximate surface area is 206 Å². The average molecular weight is 489 g/mol. The van der Waals surface area contributed by atoms with Gasteiger partial charge in [0, 0.05) is 12.0 Å². The molecule has 180 valence electrons. The summed E-state index contributed by atoms with van der Waals surface area (Å²) in [4.78, 5) is 12.1. The van der Waals surface area contributed by atoms with Gasteiger partial charge in [0.2, 0.25) is 0 Å². The van der Waals surface area contributed by atoms with Gasteiger partial charge in [-0.25, -0.2) is 8.42 Å². The second-order valence-electron chi connectivity index (χ2n) is 8.30. The Morgan fingerprint density at radius 1 is 0.829 bits per heavy atom. The molecule has 6 heteroatoms. The van der Waals surface area contributed by atoms with Crippen molar-refractivity contribution in [2.75, 3.05) is 13.7 Å². The number of methoxy groups -OCH3 is 1. The van der Waals surface area contributed by atoms with Crippen LogP contribution in [0.4, 0.5) is 0 Å². The Morgan fingerprint density at radius 2 is 1.54 bits per heavy atom. The van der Waals surface area contributed by atoms with Crippen LogP contribution < -0.4 is 4.74 Å². The Bertz CT molecular complexity index is 1440. The minimum absolute atomic E-state index is 0.125. The molecule has 4 rings (SSSR count). The summed E-state index contributed by atoms with van der Waals surface area (Å²) in [7, 11) is -2.08. The summed E-state index contributed by atoms with van der Waals surface area (Å²) in [6.45, 7) is 2.11. The molecular weight excluding hydrogens is 460 g/mol. The summed E-state index contributed by atoms with van der Waals surface area (Å²) < 4.78 is 37.4. The molecule has 0 fully saturated rings. The number of aryl methyl sites for hydroxylation is 1. The lowest BCUT2D eigenvalue weighted by atomic mass is 9.98. The lowest BCUT2D eigenvalue weighted by Crippen LogP contribution is -2.08. The van der Waals surface area contributed by atoms with Crippen molar-refractivity contribution in [3.63, 3.8) is 0 Å². The molecule has 4 aromatic rings. The summed E-state index contributed by atoms with van der Waals surface area (Å²) in [6.07, 6.45) is 0.709. The Morgan fingerprint density at radius 3 is 2.26 bits per heavy atom. The SMILES string of the molecule is CCOC(=O)CCc1ccc(S(=O)(=O)Cc2ccc(OC)cc2)c(-c2ccc3ccccc3c2)c1. The maximum atomic E-state index is 13.6. The van der Waals surface area contributed by atoms with E-state index in [9.17, 15) is 13.2 Å². The lowest BCUT2D eigenvalue weighted by Gasteiger charge is -2.14. The first-order chi connectivity index (χ1) is 16.9. The van der Waals surface area contributed by atoms with E-state index in [1.54, 1.807) is 50.4 Å². The van der Waals surface area contributed by atoms with E-state index in [4.69, 9.17) is 9.47 Å². The molecule has 0 saturated carbocycles. The van der Waals surface area contributed by atoms with E-state index < -0.39 is 9.84 Å². The molecule has 0 aromatic heterocycles. The largest absolute Gasteiger partial charge is 0.497 e. The fourth-order valence-electron chi connectivity index (χ4n) is 4.08. The number of hydrogen-bond acceptors (Lipinski definition) is 5. The lowest BCUT2D eigenvalue weighted by molar-refractivity contribution is -0.143. The van der Waals surface area contributed by atoms with Crippen molar-refractivity contribution < 1.29 is 22.7 Å². The molecule has 0 spiro atoms. The van der Waals surface area contributed by atoms with Gasteiger partial charge in [-0.15, -0.1) is 0 Å². The van der Waals surface area contributed by atoms with Gasteiger partial charge in [-0.05, 0) is 71.1 Å². The van der Waals surface area contributed by atoms with Crippen molar-refractivity contribution in [2.45, 2.75) is 30.4 Å². The van der Waals surface area contributed by atoms with Gasteiger partial charge in [0.25, 0.3) is 0 Å². The fraction of sp³-hybridized carbons (Fsp3) is 0.207. The molecule has 0 atom stereocenters. The summed E-state index contributed by atoms with van der Waals surface area (Å²) in [6, 6.07) is 26.3. The molecule has 0 unspecified atom stereocenters. The molecule has 35 heavy (non-hydrogen) atoms. The molecule has 0 N–H and O–H groups in total. The maximum absolute atomic E-state index is 13.6. The first-order valence-corrected chi connectivity index (χ1v) is 13.2. The second-order valence-corrected chi connectivity index (χ2v) is 10.3. The second kappa shape index (κ2) is 10.7. The summed E-state index contributed by atoms with van der Waals surface area (Å²) in [5, 5.41) is 2.11. The van der Waals surface area contributed by atoms with Crippen LogP contribution in [0.3, 0.4) is 0 Å². The number of carbonyl (C=O) groups is 1. The number of carbonyl (C=O) groups excluding carboxylic acids is 1. The van der Waals surface area contributed by atoms with Gasteiger partial charge in [-0.2, -0.15) is 0 Å². The summed E-state index contributed by atoms with van der Waals surface area (Å²) in [5.74, 6) is 0.282. The molecular formula is C29H28O5S. The minimum Gasteiger partial charge on any atom is -0.497 e. The first kappa shape index (κ1) is 24.5. The van der Waals surface area contributed by atoms with Crippen molar-refractivity contribution in [3.05, 3.63) is 96.1 Å². The van der Waals surface area contributed by atoms with Crippen molar-refractivity contribution >= 4 is 26.6 Å². The van der Waals surface area contributed by atoms with Gasteiger partial charge in [0.1, 0.15) is 5.75 Å². The van der Waals surface area contributed by atoms with E-state index in [1.165, 1.54) is 0 Å². The van der Waals surface area contributed by atoms with Crippen LogP contribution in [-0.2, 0) is 31.5 Å². The zero-order chi connectivity index (χ0) is 24.8. The van der Waals surface area contributed by atoms with Crippen LogP contribution in [0.1, 0.15) is 24.5 Å². The number of benzene rings is 4. The van der Waals surface area contributed by atoms with Crippen molar-refractivity contribution in [1.29, 1.82) is 0 Å². The molecule has 0 saturated heterocycles. The predicted molar refractivity (Wildman–Crippen MR) is 138 cm³/mol. The van der Waals surface area contributed by atoms with E-state index in [0.717, 1.165) is 21.9 Å². The predicted octanol–water partition coefficient (Wildman–Crippen LogP) is 5.99. The monoisotopic (exact) mass is 488 g/mol. The Balaban J connectivity index is 1.74. The topological polar surface area (TPSA) is 69.7 Å². The first-order valence-electron chi connectivity index (χ1n) is 11.5. The van der Waals surface area contributed by atoms with Gasteiger partial charge in [0.15, 0.2) is 9.84 Å². The number of esters is 1. The van der Waals surface area contributed by atoms with Crippen LogP contribution in [-0.4, -0.2) is 28.1 Å². The number of rotatable bonds is 9. The van der Waals surface area contributed by atoms with E-state index in [1.807, 2.05) is 48.5 Å². The van der Waals surface area contributed by atoms with Crippen LogP contribution >= 0.6 is 0 Å². The van der Waals surface area contributed by atoms with Crippen molar-refractivity contribution in [2.24, 2.45) is 0 Å². The highest BCUT2D eigenvalue weighted by Crippen LogP contribution is 2.33. The number of ether oxygens (including phenoxy) is 2. The minimum atomic E-state index is -3.65. The number of sulfone groups is 1. The van der Waals surface area contributed by atoms with E-state index >= 15 is 0 Å². The highest BCUT2D eigenvalue weighted by atomic mass is 32.2. The zero-order valence-corrected chi connectivity index (χ0v) is 20.7. The quantitative estimate of drug-likeness (QED) is 0.271. The standard InChI is InChI=1S/C29H28O5S/c1-3-34-29(30)17-11-21-10-16-28(35(31,32)20-22-8-14-26(33-2)15-9-22)27(18-21)25-13-12-23-6-4-5-7-24(23)19-25/h4-10,12-16,18-19H,3,11,17,20H2,1-2H3. The Kier molecular flexibility index (Phi) is 7.51. The molecule has 0 amide bonds. The molecule has 0 aliphatic heterocycles. The molecule has 0 aliphatic carbocycles. The van der Waals surface area contributed by atoms with Gasteiger partial charge >= 0.3 is 5.97 Å². The molecule has 0 radical (unpaired) electrons. The van der Waals surface area contributed by atoms with Crippen LogP contribution in [0.25, 0.3) is 21.9 Å². The van der Waals surface area contributed by atoms with Crippen LogP contribution in [0.15, 0.2) is 89.8 Å². The van der Waals surface area contributed by atoms with Gasteiger partial charge in [-0.1, -0.05) is 54.6 Å². The van der Waals surface area contributed by atoms with E-state index in [2.05, 4.69) is 0 Å². The van der Waals surface area contributed by atoms with Crippen molar-refractivity contribution in [3.8, 4) is 16.9 Å². The van der Waals surface area contributed by atoms with Crippen LogP contribution in [0.2, 0.25) is 0 Å². The maximum Gasteiger partial charge on any atom is 0.306 e. The molecule has 5 nitrogen and oxygen atoms in total. The number of fused-ring (bicyclic) bond motifs is 1. The highest BCUT2D eigenvalue weighted by Gasteiger charge is 2.21. The molecule has 4 aromatic carbocycles. The third-order valence-corrected chi connectivity index (χ3v) is 7.62. The third-order valence-electron chi connectivity index (χ3n) is 5.88. The number of hydrogen-bond donors (Lipinski definition) is 0. The fourth-order valence-corrected chi connectivity index (χ4v) is 5.66. The van der Waals surface area contributed by atoms with Crippen molar-refractivity contribution in [1.82, 2.24) is 0 Å². The van der Waals surface area contributed by atoms with E-state index in [-0.39, 0.29) is 23.0 Å².